The number of hydrogen-bond acceptors (Lipinski definition) is 5. The van der Waals surface area contributed by atoms with Gasteiger partial charge in [0, 0.05) is 12.8 Å². The summed E-state index contributed by atoms with van der Waals surface area (Å²) in [6.07, 6.45) is 10.1. The molecule has 1 aliphatic heterocycles. The second-order valence-electron chi connectivity index (χ2n) is 6.95. The van der Waals surface area contributed by atoms with E-state index in [1.165, 1.54) is 18.9 Å². The smallest absolute Gasteiger partial charge is 0.303 e. The topological polar surface area (TPSA) is 107 Å². The van der Waals surface area contributed by atoms with E-state index in [4.69, 9.17) is 9.84 Å². The molecule has 6 heteroatoms. The maximum atomic E-state index is 10.5. The third-order valence-corrected chi connectivity index (χ3v) is 4.56. The standard InChI is InChI=1S/C20H34O6/c1-2-3-4-5-6-7-9-15(21)12-13-16(22)19-14-17(23)18(26-19)10-8-11-20(24)25/h6-7,12-13,15-19,21-23H,2-5,8-11,14H2,1H3,(H,24,25)/b7-6-,13-12-/t15-,16+,17-,18+,19+/m0/s1. The Morgan fingerprint density at radius 2 is 1.96 bits per heavy atom. The molecule has 1 rings (SSSR count). The van der Waals surface area contributed by atoms with Crippen LogP contribution in [0.1, 0.15) is 64.7 Å². The summed E-state index contributed by atoms with van der Waals surface area (Å²) in [6, 6.07) is 0. The average molecular weight is 370 g/mol. The maximum Gasteiger partial charge on any atom is 0.303 e. The molecule has 0 aromatic rings. The first kappa shape index (κ1) is 22.8. The minimum Gasteiger partial charge on any atom is -0.481 e. The highest BCUT2D eigenvalue weighted by Gasteiger charge is 2.36. The SMILES string of the molecule is CCCCC/C=C\C[C@H](O)/C=C\[C@@H](O)[C@H]1C[C@H](O)[C@@H](CCCC(=O)O)O1. The molecule has 26 heavy (non-hydrogen) atoms. The van der Waals surface area contributed by atoms with E-state index in [-0.39, 0.29) is 6.42 Å². The molecular formula is C20H34O6. The Hall–Kier alpha value is -1.21. The lowest BCUT2D eigenvalue weighted by Gasteiger charge is -2.17. The van der Waals surface area contributed by atoms with Crippen molar-refractivity contribution < 1.29 is 30.0 Å². The molecule has 1 saturated heterocycles. The quantitative estimate of drug-likeness (QED) is 0.293. The first-order valence-electron chi connectivity index (χ1n) is 9.68. The van der Waals surface area contributed by atoms with Crippen LogP contribution in [-0.4, -0.2) is 56.9 Å². The zero-order valence-electron chi connectivity index (χ0n) is 15.7. The Kier molecular flexibility index (Phi) is 11.4. The number of hydrogen-bond donors (Lipinski definition) is 4. The monoisotopic (exact) mass is 370 g/mol. The van der Waals surface area contributed by atoms with Gasteiger partial charge in [-0.05, 0) is 32.1 Å². The van der Waals surface area contributed by atoms with Crippen molar-refractivity contribution in [3.63, 3.8) is 0 Å². The highest BCUT2D eigenvalue weighted by atomic mass is 16.5. The van der Waals surface area contributed by atoms with Crippen LogP contribution in [-0.2, 0) is 9.53 Å². The zero-order chi connectivity index (χ0) is 19.4. The summed E-state index contributed by atoms with van der Waals surface area (Å²) in [5.41, 5.74) is 0. The van der Waals surface area contributed by atoms with Crippen LogP contribution in [0.5, 0.6) is 0 Å². The molecule has 0 aliphatic carbocycles. The number of carboxylic acid groups (broad SMARTS) is 1. The second-order valence-corrected chi connectivity index (χ2v) is 6.95. The summed E-state index contributed by atoms with van der Waals surface area (Å²) in [4.78, 5) is 10.5. The first-order chi connectivity index (χ1) is 12.4. The van der Waals surface area contributed by atoms with Crippen molar-refractivity contribution in [2.45, 2.75) is 95.2 Å². The minimum atomic E-state index is -0.905. The van der Waals surface area contributed by atoms with Crippen molar-refractivity contribution in [3.8, 4) is 0 Å². The van der Waals surface area contributed by atoms with Gasteiger partial charge in [-0.15, -0.1) is 0 Å². The van der Waals surface area contributed by atoms with Gasteiger partial charge in [0.05, 0.1) is 30.5 Å². The molecule has 4 N–H and O–H groups in total. The summed E-state index contributed by atoms with van der Waals surface area (Å²) in [6.45, 7) is 2.16. The van der Waals surface area contributed by atoms with E-state index < -0.39 is 36.5 Å². The van der Waals surface area contributed by atoms with Gasteiger partial charge in [0.2, 0.25) is 0 Å². The first-order valence-corrected chi connectivity index (χ1v) is 9.68. The van der Waals surface area contributed by atoms with Crippen LogP contribution >= 0.6 is 0 Å². The van der Waals surface area contributed by atoms with Crippen molar-refractivity contribution >= 4 is 5.97 Å². The Labute approximate surface area is 156 Å². The maximum absolute atomic E-state index is 10.5. The van der Waals surface area contributed by atoms with Crippen LogP contribution in [0.2, 0.25) is 0 Å². The van der Waals surface area contributed by atoms with E-state index >= 15 is 0 Å². The molecule has 150 valence electrons. The van der Waals surface area contributed by atoms with Crippen LogP contribution in [0.4, 0.5) is 0 Å². The molecule has 5 atom stereocenters. The predicted molar refractivity (Wildman–Crippen MR) is 99.8 cm³/mol. The van der Waals surface area contributed by atoms with Crippen molar-refractivity contribution in [1.82, 2.24) is 0 Å². The number of allylic oxidation sites excluding steroid dienone is 1. The average Bonchev–Trinajstić information content (AvgIpc) is 2.96. The van der Waals surface area contributed by atoms with Crippen LogP contribution in [0.25, 0.3) is 0 Å². The van der Waals surface area contributed by atoms with Crippen LogP contribution < -0.4 is 0 Å². The van der Waals surface area contributed by atoms with E-state index in [2.05, 4.69) is 13.0 Å². The molecule has 0 spiro atoms. The highest BCUT2D eigenvalue weighted by molar-refractivity contribution is 5.66. The molecule has 0 radical (unpaired) electrons. The fourth-order valence-electron chi connectivity index (χ4n) is 3.01. The van der Waals surface area contributed by atoms with Gasteiger partial charge in [-0.1, -0.05) is 44.1 Å². The lowest BCUT2D eigenvalue weighted by Crippen LogP contribution is -2.25. The Bertz CT molecular complexity index is 448. The van der Waals surface area contributed by atoms with Gasteiger partial charge >= 0.3 is 5.97 Å². The van der Waals surface area contributed by atoms with Crippen molar-refractivity contribution in [2.24, 2.45) is 0 Å². The van der Waals surface area contributed by atoms with Crippen molar-refractivity contribution in [1.29, 1.82) is 0 Å². The number of ether oxygens (including phenoxy) is 1. The predicted octanol–water partition coefficient (Wildman–Crippen LogP) is 2.56. The van der Waals surface area contributed by atoms with Crippen LogP contribution in [0.3, 0.4) is 0 Å². The molecule has 0 amide bonds. The number of aliphatic hydroxyl groups is 3. The lowest BCUT2D eigenvalue weighted by molar-refractivity contribution is -0.137. The second kappa shape index (κ2) is 13.0. The Morgan fingerprint density at radius 3 is 2.65 bits per heavy atom. The summed E-state index contributed by atoms with van der Waals surface area (Å²) in [5.74, 6) is -0.870. The lowest BCUT2D eigenvalue weighted by atomic mass is 10.0. The van der Waals surface area contributed by atoms with Crippen LogP contribution in [0, 0.1) is 0 Å². The van der Waals surface area contributed by atoms with Crippen LogP contribution in [0.15, 0.2) is 24.3 Å². The van der Waals surface area contributed by atoms with Gasteiger partial charge < -0.3 is 25.2 Å². The molecule has 0 saturated carbocycles. The van der Waals surface area contributed by atoms with E-state index in [0.717, 1.165) is 12.8 Å². The number of rotatable bonds is 13. The number of aliphatic carboxylic acids is 1. The van der Waals surface area contributed by atoms with Gasteiger partial charge in [-0.25, -0.2) is 0 Å². The minimum absolute atomic E-state index is 0.0395. The van der Waals surface area contributed by atoms with Gasteiger partial charge in [-0.2, -0.15) is 0 Å². The molecule has 1 heterocycles. The number of carbonyl (C=O) groups is 1. The fourth-order valence-corrected chi connectivity index (χ4v) is 3.01. The Morgan fingerprint density at radius 1 is 1.19 bits per heavy atom. The molecule has 0 bridgehead atoms. The van der Waals surface area contributed by atoms with Gasteiger partial charge in [-0.3, -0.25) is 4.79 Å². The summed E-state index contributed by atoms with van der Waals surface area (Å²) in [5, 5.41) is 38.7. The van der Waals surface area contributed by atoms with Gasteiger partial charge in [0.1, 0.15) is 0 Å². The largest absolute Gasteiger partial charge is 0.481 e. The third-order valence-electron chi connectivity index (χ3n) is 4.56. The van der Waals surface area contributed by atoms with E-state index in [1.807, 2.05) is 6.08 Å². The molecule has 1 aliphatic rings. The van der Waals surface area contributed by atoms with E-state index in [9.17, 15) is 20.1 Å². The van der Waals surface area contributed by atoms with Crippen molar-refractivity contribution in [3.05, 3.63) is 24.3 Å². The summed E-state index contributed by atoms with van der Waals surface area (Å²) < 4.78 is 5.65. The number of carboxylic acids is 1. The molecule has 6 nitrogen and oxygen atoms in total. The fraction of sp³-hybridized carbons (Fsp3) is 0.750. The molecular weight excluding hydrogens is 336 g/mol. The van der Waals surface area contributed by atoms with Crippen molar-refractivity contribution in [2.75, 3.05) is 0 Å². The summed E-state index contributed by atoms with van der Waals surface area (Å²) in [7, 11) is 0. The van der Waals surface area contributed by atoms with Gasteiger partial charge in [0.15, 0.2) is 0 Å². The molecule has 1 fully saturated rings. The molecule has 0 aromatic carbocycles. The Balaban J connectivity index is 2.29. The number of aliphatic hydroxyl groups excluding tert-OH is 3. The third kappa shape index (κ3) is 9.48. The highest BCUT2D eigenvalue weighted by Crippen LogP contribution is 2.27. The molecule has 0 aromatic heterocycles. The number of unbranched alkanes of at least 4 members (excludes halogenated alkanes) is 3. The van der Waals surface area contributed by atoms with Gasteiger partial charge in [0.25, 0.3) is 0 Å². The van der Waals surface area contributed by atoms with E-state index in [0.29, 0.717) is 25.7 Å². The molecule has 0 unspecified atom stereocenters. The summed E-state index contributed by atoms with van der Waals surface area (Å²) >= 11 is 0. The van der Waals surface area contributed by atoms with E-state index in [1.54, 1.807) is 6.08 Å². The normalized spacial score (nSPS) is 25.9. The zero-order valence-corrected chi connectivity index (χ0v) is 15.7.